The average molecular weight is 289 g/mol. The highest BCUT2D eigenvalue weighted by Gasteiger charge is 2.15. The van der Waals surface area contributed by atoms with Crippen molar-refractivity contribution in [3.63, 3.8) is 0 Å². The summed E-state index contributed by atoms with van der Waals surface area (Å²) in [4.78, 5) is 2.34. The molecule has 0 saturated carbocycles. The minimum Gasteiger partial charge on any atom is -0.286 e. The molecule has 0 bridgehead atoms. The molecule has 2 rings (SSSR count). The molecular formula is C21H23N. The highest BCUT2D eigenvalue weighted by atomic mass is 15.1. The van der Waals surface area contributed by atoms with E-state index in [1.54, 1.807) is 0 Å². The van der Waals surface area contributed by atoms with Crippen LogP contribution in [0.3, 0.4) is 0 Å². The first-order chi connectivity index (χ1) is 10.8. The number of benzene rings is 2. The molecule has 1 atom stereocenters. The van der Waals surface area contributed by atoms with Gasteiger partial charge in [-0.1, -0.05) is 85.0 Å². The molecule has 0 aliphatic rings. The molecule has 2 aromatic carbocycles. The molecule has 0 aliphatic carbocycles. The third-order valence-corrected chi connectivity index (χ3v) is 3.53. The van der Waals surface area contributed by atoms with E-state index in [9.17, 15) is 0 Å². The standard InChI is InChI=1S/C21H23N/c1-3-17-22(18-4-2)21(20-13-9-6-10-14-20)16-15-19-11-7-5-8-12-19/h3-16,21H,1-2,17-18H2/b16-15+/t21-/m0/s1. The minimum absolute atomic E-state index is 0.206. The second-order valence-electron chi connectivity index (χ2n) is 5.16. The fraction of sp³-hybridized carbons (Fsp3) is 0.143. The summed E-state index contributed by atoms with van der Waals surface area (Å²) in [7, 11) is 0. The zero-order chi connectivity index (χ0) is 15.6. The lowest BCUT2D eigenvalue weighted by Gasteiger charge is -2.28. The van der Waals surface area contributed by atoms with Gasteiger partial charge in [0.1, 0.15) is 0 Å². The van der Waals surface area contributed by atoms with Gasteiger partial charge in [0.2, 0.25) is 0 Å². The molecule has 0 heterocycles. The number of hydrogen-bond donors (Lipinski definition) is 0. The maximum Gasteiger partial charge on any atom is 0.0541 e. The first-order valence-corrected chi connectivity index (χ1v) is 7.59. The molecule has 1 nitrogen and oxygen atoms in total. The smallest absolute Gasteiger partial charge is 0.0541 e. The SMILES string of the molecule is C=CCN(CC=C)[C@@H](/C=C/c1ccccc1)c1ccccc1. The van der Waals surface area contributed by atoms with Crippen LogP contribution in [-0.4, -0.2) is 18.0 Å². The third kappa shape index (κ3) is 4.57. The molecule has 0 unspecified atom stereocenters. The van der Waals surface area contributed by atoms with Gasteiger partial charge in [-0.05, 0) is 11.1 Å². The Morgan fingerprint density at radius 3 is 1.91 bits per heavy atom. The molecule has 0 fully saturated rings. The topological polar surface area (TPSA) is 3.24 Å². The van der Waals surface area contributed by atoms with Crippen molar-refractivity contribution in [3.05, 3.63) is 103 Å². The van der Waals surface area contributed by atoms with Crippen molar-refractivity contribution in [3.8, 4) is 0 Å². The normalized spacial score (nSPS) is 12.4. The van der Waals surface area contributed by atoms with Crippen molar-refractivity contribution in [2.24, 2.45) is 0 Å². The number of nitrogens with zero attached hydrogens (tertiary/aromatic N) is 1. The summed E-state index contributed by atoms with van der Waals surface area (Å²) in [6, 6.07) is 21.1. The lowest BCUT2D eigenvalue weighted by Crippen LogP contribution is -2.28. The van der Waals surface area contributed by atoms with Crippen molar-refractivity contribution in [1.82, 2.24) is 4.90 Å². The molecule has 112 valence electrons. The lowest BCUT2D eigenvalue weighted by molar-refractivity contribution is 0.286. The van der Waals surface area contributed by atoms with Crippen LogP contribution in [0.4, 0.5) is 0 Å². The summed E-state index contributed by atoms with van der Waals surface area (Å²) < 4.78 is 0. The second kappa shape index (κ2) is 8.81. The van der Waals surface area contributed by atoms with E-state index in [1.165, 1.54) is 11.1 Å². The molecule has 0 N–H and O–H groups in total. The fourth-order valence-corrected chi connectivity index (χ4v) is 2.49. The predicted octanol–water partition coefficient (Wildman–Crippen LogP) is 5.12. The van der Waals surface area contributed by atoms with E-state index in [2.05, 4.69) is 78.7 Å². The summed E-state index contributed by atoms with van der Waals surface area (Å²) in [5.74, 6) is 0. The predicted molar refractivity (Wildman–Crippen MR) is 96.6 cm³/mol. The van der Waals surface area contributed by atoms with Gasteiger partial charge in [-0.2, -0.15) is 0 Å². The van der Waals surface area contributed by atoms with Crippen LogP contribution >= 0.6 is 0 Å². The zero-order valence-electron chi connectivity index (χ0n) is 12.9. The van der Waals surface area contributed by atoms with Crippen molar-refractivity contribution in [2.75, 3.05) is 13.1 Å². The second-order valence-corrected chi connectivity index (χ2v) is 5.16. The Bertz CT molecular complexity index is 588. The number of hydrogen-bond acceptors (Lipinski definition) is 1. The van der Waals surface area contributed by atoms with Crippen LogP contribution in [0, 0.1) is 0 Å². The van der Waals surface area contributed by atoms with Gasteiger partial charge in [-0.3, -0.25) is 4.90 Å². The molecule has 0 aromatic heterocycles. The first-order valence-electron chi connectivity index (χ1n) is 7.59. The maximum absolute atomic E-state index is 3.88. The van der Waals surface area contributed by atoms with E-state index in [4.69, 9.17) is 0 Å². The van der Waals surface area contributed by atoms with Gasteiger partial charge < -0.3 is 0 Å². The lowest BCUT2D eigenvalue weighted by atomic mass is 10.0. The van der Waals surface area contributed by atoms with Gasteiger partial charge in [-0.25, -0.2) is 0 Å². The highest BCUT2D eigenvalue weighted by Crippen LogP contribution is 2.23. The van der Waals surface area contributed by atoms with Crippen molar-refractivity contribution < 1.29 is 0 Å². The average Bonchev–Trinajstić information content (AvgIpc) is 2.57. The fourth-order valence-electron chi connectivity index (χ4n) is 2.49. The Labute approximate surface area is 133 Å². The first kappa shape index (κ1) is 16.0. The summed E-state index contributed by atoms with van der Waals surface area (Å²) in [5, 5.41) is 0. The van der Waals surface area contributed by atoms with Crippen LogP contribution in [0.2, 0.25) is 0 Å². The highest BCUT2D eigenvalue weighted by molar-refractivity contribution is 5.50. The van der Waals surface area contributed by atoms with Gasteiger partial charge in [-0.15, -0.1) is 13.2 Å². The Hall–Kier alpha value is -2.38. The van der Waals surface area contributed by atoms with Crippen molar-refractivity contribution >= 4 is 6.08 Å². The van der Waals surface area contributed by atoms with Crippen LogP contribution in [0.25, 0.3) is 6.08 Å². The molecule has 0 radical (unpaired) electrons. The quantitative estimate of drug-likeness (QED) is 0.610. The van der Waals surface area contributed by atoms with Crippen LogP contribution in [0.5, 0.6) is 0 Å². The van der Waals surface area contributed by atoms with E-state index in [-0.39, 0.29) is 6.04 Å². The van der Waals surface area contributed by atoms with E-state index in [0.29, 0.717) is 0 Å². The van der Waals surface area contributed by atoms with Crippen LogP contribution < -0.4 is 0 Å². The molecule has 0 saturated heterocycles. The maximum atomic E-state index is 3.88. The van der Waals surface area contributed by atoms with Crippen molar-refractivity contribution in [1.29, 1.82) is 0 Å². The van der Waals surface area contributed by atoms with Crippen LogP contribution in [0.1, 0.15) is 17.2 Å². The summed E-state index contributed by atoms with van der Waals surface area (Å²) in [6.07, 6.45) is 8.31. The van der Waals surface area contributed by atoms with Gasteiger partial charge >= 0.3 is 0 Å². The van der Waals surface area contributed by atoms with Gasteiger partial charge in [0.15, 0.2) is 0 Å². The summed E-state index contributed by atoms with van der Waals surface area (Å²) in [5.41, 5.74) is 2.49. The molecule has 2 aromatic rings. The van der Waals surface area contributed by atoms with Gasteiger partial charge in [0.05, 0.1) is 6.04 Å². The van der Waals surface area contributed by atoms with Gasteiger partial charge in [0, 0.05) is 13.1 Å². The molecule has 0 amide bonds. The summed E-state index contributed by atoms with van der Waals surface area (Å²) in [6.45, 7) is 9.40. The summed E-state index contributed by atoms with van der Waals surface area (Å²) >= 11 is 0. The monoisotopic (exact) mass is 289 g/mol. The van der Waals surface area contributed by atoms with E-state index < -0.39 is 0 Å². The number of rotatable bonds is 8. The Balaban J connectivity index is 2.30. The Morgan fingerprint density at radius 1 is 0.818 bits per heavy atom. The molecule has 0 spiro atoms. The van der Waals surface area contributed by atoms with E-state index in [0.717, 1.165) is 13.1 Å². The molecule has 0 aliphatic heterocycles. The zero-order valence-corrected chi connectivity index (χ0v) is 12.9. The minimum atomic E-state index is 0.206. The Morgan fingerprint density at radius 2 is 1.36 bits per heavy atom. The molecule has 22 heavy (non-hydrogen) atoms. The third-order valence-electron chi connectivity index (χ3n) is 3.53. The largest absolute Gasteiger partial charge is 0.286 e. The van der Waals surface area contributed by atoms with Crippen LogP contribution in [-0.2, 0) is 0 Å². The van der Waals surface area contributed by atoms with Crippen molar-refractivity contribution in [2.45, 2.75) is 6.04 Å². The van der Waals surface area contributed by atoms with Crippen LogP contribution in [0.15, 0.2) is 92.0 Å². The van der Waals surface area contributed by atoms with E-state index >= 15 is 0 Å². The van der Waals surface area contributed by atoms with Gasteiger partial charge in [0.25, 0.3) is 0 Å². The van der Waals surface area contributed by atoms with E-state index in [1.807, 2.05) is 24.3 Å². The molecule has 1 heteroatoms. The Kier molecular flexibility index (Phi) is 6.40. The molecular weight excluding hydrogens is 266 g/mol.